The van der Waals surface area contributed by atoms with Gasteiger partial charge in [0.05, 0.1) is 11.4 Å². The topological polar surface area (TPSA) is 37.8 Å². The molecule has 0 fully saturated rings. The Bertz CT molecular complexity index is 2500. The first kappa shape index (κ1) is 35.8. The van der Waals surface area contributed by atoms with Crippen molar-refractivity contribution < 1.29 is 9.47 Å². The molecule has 0 saturated carbocycles. The van der Waals surface area contributed by atoms with Crippen molar-refractivity contribution in [2.75, 3.05) is 9.80 Å². The highest BCUT2D eigenvalue weighted by molar-refractivity contribution is 5.78. The van der Waals surface area contributed by atoms with E-state index in [1.807, 2.05) is 103 Å². The number of nitrogens with zero attached hydrogens (tertiary/aromatic N) is 3. The van der Waals surface area contributed by atoms with E-state index < -0.39 is 0 Å². The third-order valence-corrected chi connectivity index (χ3v) is 9.68. The van der Waals surface area contributed by atoms with Gasteiger partial charge in [-0.1, -0.05) is 121 Å². The predicted octanol–water partition coefficient (Wildman–Crippen LogP) is 14.9. The minimum absolute atomic E-state index is 0.619. The number of ether oxygens (including phenoxy) is 2. The lowest BCUT2D eigenvalue weighted by Crippen LogP contribution is -2.09. The Hall–Kier alpha value is -7.89. The Morgan fingerprint density at radius 2 is 0.603 bits per heavy atom. The summed E-state index contributed by atoms with van der Waals surface area (Å²) in [5, 5.41) is 0. The highest BCUT2D eigenvalue weighted by Gasteiger charge is 2.16. The molecule has 8 aromatic carbocycles. The number of rotatable bonds is 12. The van der Waals surface area contributed by atoms with E-state index in [9.17, 15) is 0 Å². The smallest absolute Gasteiger partial charge is 0.131 e. The number of para-hydroxylation sites is 4. The summed E-state index contributed by atoms with van der Waals surface area (Å²) in [5.41, 5.74) is 9.74. The average molecular weight is 750 g/mol. The van der Waals surface area contributed by atoms with Crippen LogP contribution in [0, 0.1) is 0 Å². The second-order valence-corrected chi connectivity index (χ2v) is 13.7. The zero-order valence-electron chi connectivity index (χ0n) is 31.7. The van der Waals surface area contributed by atoms with Crippen LogP contribution < -0.4 is 19.3 Å². The number of hydrogen-bond donors (Lipinski definition) is 0. The van der Waals surface area contributed by atoms with Gasteiger partial charge in [-0.15, -0.1) is 0 Å². The van der Waals surface area contributed by atoms with Crippen molar-refractivity contribution in [2.24, 2.45) is 0 Å². The highest BCUT2D eigenvalue weighted by atomic mass is 16.5. The van der Waals surface area contributed by atoms with Crippen molar-refractivity contribution in [1.82, 2.24) is 4.98 Å². The van der Waals surface area contributed by atoms with Gasteiger partial charge < -0.3 is 19.3 Å². The second-order valence-electron chi connectivity index (χ2n) is 13.7. The van der Waals surface area contributed by atoms with Gasteiger partial charge in [0, 0.05) is 63.5 Å². The molecule has 9 rings (SSSR count). The van der Waals surface area contributed by atoms with E-state index in [0.29, 0.717) is 23.0 Å². The van der Waals surface area contributed by atoms with Gasteiger partial charge in [0.1, 0.15) is 23.0 Å². The van der Waals surface area contributed by atoms with Gasteiger partial charge in [0.2, 0.25) is 0 Å². The van der Waals surface area contributed by atoms with Crippen LogP contribution in [0.15, 0.2) is 237 Å². The molecule has 1 heterocycles. The summed E-state index contributed by atoms with van der Waals surface area (Å²) < 4.78 is 13.5. The number of pyridine rings is 1. The molecule has 0 spiro atoms. The lowest BCUT2D eigenvalue weighted by molar-refractivity contribution is 0.461. The predicted molar refractivity (Wildman–Crippen MR) is 238 cm³/mol. The molecule has 0 amide bonds. The molecule has 0 unspecified atom stereocenters. The molecule has 0 saturated heterocycles. The fraction of sp³-hybridized carbons (Fsp3) is 0. The second kappa shape index (κ2) is 16.9. The van der Waals surface area contributed by atoms with Gasteiger partial charge in [-0.05, 0) is 97.1 Å². The van der Waals surface area contributed by atoms with Crippen LogP contribution in [-0.2, 0) is 0 Å². The molecule has 0 aliphatic carbocycles. The SMILES string of the molecule is c1ccc(-c2cccc(-c3cc(Oc4cccc(N(c5ccccc5)c5ccccc5)c4)cc(Oc4cccc(N(c5ccccc5)c5ccccc5)c4)c3)n2)cc1. The van der Waals surface area contributed by atoms with E-state index in [2.05, 4.69) is 143 Å². The molecule has 5 nitrogen and oxygen atoms in total. The zero-order valence-corrected chi connectivity index (χ0v) is 31.7. The van der Waals surface area contributed by atoms with Crippen LogP contribution in [0.1, 0.15) is 0 Å². The van der Waals surface area contributed by atoms with Crippen molar-refractivity contribution in [3.8, 4) is 45.5 Å². The first-order valence-corrected chi connectivity index (χ1v) is 19.3. The van der Waals surface area contributed by atoms with Gasteiger partial charge >= 0.3 is 0 Å². The standard InChI is InChI=1S/C53H39N3O2/c1-6-19-40(20-7-1)52-33-18-34-53(54-52)41-35-50(57-48-31-16-29-46(37-48)55(42-21-8-2-9-22-42)43-23-10-3-11-24-43)39-51(36-41)58-49-32-17-30-47(38-49)56(44-25-12-4-13-26-44)45-27-14-5-15-28-45/h1-39H. The molecule has 0 N–H and O–H groups in total. The molecule has 0 atom stereocenters. The van der Waals surface area contributed by atoms with E-state index in [-0.39, 0.29) is 0 Å². The Kier molecular flexibility index (Phi) is 10.4. The van der Waals surface area contributed by atoms with E-state index in [0.717, 1.165) is 56.6 Å². The van der Waals surface area contributed by atoms with Crippen LogP contribution in [0.2, 0.25) is 0 Å². The Morgan fingerprint density at radius 3 is 1.02 bits per heavy atom. The summed E-state index contributed by atoms with van der Waals surface area (Å²) in [7, 11) is 0. The van der Waals surface area contributed by atoms with Gasteiger partial charge in [0.15, 0.2) is 0 Å². The monoisotopic (exact) mass is 749 g/mol. The third-order valence-electron chi connectivity index (χ3n) is 9.68. The number of hydrogen-bond acceptors (Lipinski definition) is 5. The fourth-order valence-corrected chi connectivity index (χ4v) is 7.05. The summed E-state index contributed by atoms with van der Waals surface area (Å²) in [5.74, 6) is 2.61. The summed E-state index contributed by atoms with van der Waals surface area (Å²) in [4.78, 5) is 9.53. The van der Waals surface area contributed by atoms with Crippen molar-refractivity contribution in [1.29, 1.82) is 0 Å². The summed E-state index contributed by atoms with van der Waals surface area (Å²) in [6.07, 6.45) is 0. The van der Waals surface area contributed by atoms with E-state index in [1.54, 1.807) is 0 Å². The largest absolute Gasteiger partial charge is 0.457 e. The van der Waals surface area contributed by atoms with E-state index in [1.165, 1.54) is 0 Å². The molecule has 0 aliphatic rings. The average Bonchev–Trinajstić information content (AvgIpc) is 3.29. The van der Waals surface area contributed by atoms with E-state index >= 15 is 0 Å². The molecular formula is C53H39N3O2. The molecule has 5 heteroatoms. The normalized spacial score (nSPS) is 10.8. The fourth-order valence-electron chi connectivity index (χ4n) is 7.05. The molecule has 278 valence electrons. The number of anilines is 6. The molecule has 1 aromatic heterocycles. The van der Waals surface area contributed by atoms with Gasteiger partial charge in [-0.25, -0.2) is 4.98 Å². The highest BCUT2D eigenvalue weighted by Crippen LogP contribution is 2.40. The number of aromatic nitrogens is 1. The molecule has 58 heavy (non-hydrogen) atoms. The minimum Gasteiger partial charge on any atom is -0.457 e. The molecule has 0 bridgehead atoms. The number of benzene rings is 8. The molecular weight excluding hydrogens is 711 g/mol. The summed E-state index contributed by atoms with van der Waals surface area (Å²) >= 11 is 0. The van der Waals surface area contributed by atoms with Crippen LogP contribution in [0.25, 0.3) is 22.5 Å². The summed E-state index contributed by atoms with van der Waals surface area (Å²) in [6.45, 7) is 0. The van der Waals surface area contributed by atoms with Gasteiger partial charge in [0.25, 0.3) is 0 Å². The molecule has 0 aliphatic heterocycles. The Morgan fingerprint density at radius 1 is 0.259 bits per heavy atom. The summed E-state index contributed by atoms with van der Waals surface area (Å²) in [6, 6.07) is 80.0. The maximum atomic E-state index is 6.73. The van der Waals surface area contributed by atoms with Gasteiger partial charge in [-0.2, -0.15) is 0 Å². The lowest BCUT2D eigenvalue weighted by atomic mass is 10.1. The van der Waals surface area contributed by atoms with Crippen LogP contribution in [0.5, 0.6) is 23.0 Å². The van der Waals surface area contributed by atoms with E-state index in [4.69, 9.17) is 14.5 Å². The Labute approximate surface area is 339 Å². The van der Waals surface area contributed by atoms with Crippen LogP contribution in [-0.4, -0.2) is 4.98 Å². The Balaban J connectivity index is 1.10. The van der Waals surface area contributed by atoms with Gasteiger partial charge in [-0.3, -0.25) is 0 Å². The third kappa shape index (κ3) is 8.20. The maximum absolute atomic E-state index is 6.73. The lowest BCUT2D eigenvalue weighted by Gasteiger charge is -2.26. The first-order chi connectivity index (χ1) is 28.7. The zero-order chi connectivity index (χ0) is 38.9. The minimum atomic E-state index is 0.619. The maximum Gasteiger partial charge on any atom is 0.131 e. The molecule has 0 radical (unpaired) electrons. The molecule has 9 aromatic rings. The van der Waals surface area contributed by atoms with Crippen LogP contribution >= 0.6 is 0 Å². The first-order valence-electron chi connectivity index (χ1n) is 19.3. The van der Waals surface area contributed by atoms with Crippen molar-refractivity contribution in [3.05, 3.63) is 237 Å². The quantitative estimate of drug-likeness (QED) is 0.124. The van der Waals surface area contributed by atoms with Crippen LogP contribution in [0.4, 0.5) is 34.1 Å². The van der Waals surface area contributed by atoms with Crippen molar-refractivity contribution in [3.63, 3.8) is 0 Å². The van der Waals surface area contributed by atoms with Crippen LogP contribution in [0.3, 0.4) is 0 Å². The van der Waals surface area contributed by atoms with Crippen molar-refractivity contribution in [2.45, 2.75) is 0 Å². The van der Waals surface area contributed by atoms with Crippen molar-refractivity contribution >= 4 is 34.1 Å².